The fraction of sp³-hybridized carbons (Fsp3) is 0.0625. The van der Waals surface area contributed by atoms with Gasteiger partial charge in [0.25, 0.3) is 0 Å². The highest BCUT2D eigenvalue weighted by molar-refractivity contribution is 14.1. The Morgan fingerprint density at radius 2 is 2.08 bits per heavy atom. The van der Waals surface area contributed by atoms with Crippen molar-refractivity contribution < 1.29 is 4.79 Å². The first-order valence-electron chi connectivity index (χ1n) is 7.21. The number of alkyl halides is 1. The van der Waals surface area contributed by atoms with Crippen molar-refractivity contribution in [3.05, 3.63) is 32.8 Å². The Bertz CT molecular complexity index is 1150. The van der Waals surface area contributed by atoms with Gasteiger partial charge in [-0.05, 0) is 40.8 Å². The number of anilines is 2. The fourth-order valence-electron chi connectivity index (χ4n) is 2.85. The Morgan fingerprint density at radius 1 is 1.28 bits per heavy atom. The van der Waals surface area contributed by atoms with Crippen LogP contribution in [0, 0.1) is 3.57 Å². The lowest BCUT2D eigenvalue weighted by molar-refractivity contribution is 0.102. The van der Waals surface area contributed by atoms with Crippen LogP contribution in [0.15, 0.2) is 24.4 Å². The number of nitrogen functional groups attached to an aromatic ring is 2. The normalized spacial score (nSPS) is 11.4. The van der Waals surface area contributed by atoms with E-state index in [0.29, 0.717) is 10.2 Å². The van der Waals surface area contributed by atoms with E-state index in [1.165, 1.54) is 11.3 Å². The molecule has 3 aromatic heterocycles. The number of hydrogen-bond acceptors (Lipinski definition) is 6. The van der Waals surface area contributed by atoms with Crippen molar-refractivity contribution in [3.8, 4) is 10.4 Å². The van der Waals surface area contributed by atoms with Gasteiger partial charge in [-0.3, -0.25) is 9.78 Å². The molecule has 0 saturated carbocycles. The second-order valence-electron chi connectivity index (χ2n) is 5.37. The highest BCUT2D eigenvalue weighted by Gasteiger charge is 2.20. The summed E-state index contributed by atoms with van der Waals surface area (Å²) in [5.41, 5.74) is 14.6. The molecule has 3 heterocycles. The van der Waals surface area contributed by atoms with E-state index < -0.39 is 0 Å². The van der Waals surface area contributed by atoms with Crippen LogP contribution in [0.3, 0.4) is 0 Å². The summed E-state index contributed by atoms with van der Waals surface area (Å²) >= 11 is 5.83. The van der Waals surface area contributed by atoms with Gasteiger partial charge in [0.2, 0.25) is 0 Å². The van der Waals surface area contributed by atoms with Crippen LogP contribution in [0.1, 0.15) is 9.67 Å². The highest BCUT2D eigenvalue weighted by Crippen LogP contribution is 2.42. The van der Waals surface area contributed by atoms with Crippen molar-refractivity contribution in [2.24, 2.45) is 0 Å². The van der Waals surface area contributed by atoms with E-state index in [-0.39, 0.29) is 11.7 Å². The monoisotopic (exact) mass is 575 g/mol. The van der Waals surface area contributed by atoms with Gasteiger partial charge in [-0.2, -0.15) is 4.98 Å². The van der Waals surface area contributed by atoms with Crippen molar-refractivity contribution in [3.63, 3.8) is 0 Å². The first-order chi connectivity index (χ1) is 12.0. The molecule has 0 radical (unpaired) electrons. The lowest BCUT2D eigenvalue weighted by Crippen LogP contribution is -2.02. The molecule has 9 heteroatoms. The maximum atomic E-state index is 12.0. The summed E-state index contributed by atoms with van der Waals surface area (Å²) in [7, 11) is 0. The second kappa shape index (κ2) is 6.36. The number of rotatable bonds is 3. The SMILES string of the molecule is Nc1nc(N)c2c([nH]1)c(I)c(-c1ccc(C(=O)CI)s1)c1nccc12. The summed E-state index contributed by atoms with van der Waals surface area (Å²) in [6, 6.07) is 5.76. The molecule has 4 aromatic rings. The minimum absolute atomic E-state index is 0.128. The van der Waals surface area contributed by atoms with Gasteiger partial charge in [0.1, 0.15) is 5.82 Å². The van der Waals surface area contributed by atoms with Crippen LogP contribution < -0.4 is 11.5 Å². The number of Topliss-reactive ketones (excluding diaryl/α,β-unsaturated/α-hetero) is 1. The van der Waals surface area contributed by atoms with Crippen molar-refractivity contribution in [2.45, 2.75) is 0 Å². The third-order valence-corrected chi connectivity index (χ3v) is 6.81. The van der Waals surface area contributed by atoms with Crippen molar-refractivity contribution >= 4 is 95.9 Å². The zero-order valence-electron chi connectivity index (χ0n) is 12.6. The Balaban J connectivity index is 2.09. The average Bonchev–Trinajstić information content (AvgIpc) is 3.24. The molecule has 0 unspecified atom stereocenters. The number of H-pyrrole nitrogens is 1. The number of fused-ring (bicyclic) bond motifs is 3. The van der Waals surface area contributed by atoms with Crippen molar-refractivity contribution in [1.82, 2.24) is 15.0 Å². The summed E-state index contributed by atoms with van der Waals surface area (Å²) in [6.45, 7) is 0. The summed E-state index contributed by atoms with van der Waals surface area (Å²) in [5.74, 6) is 0.768. The van der Waals surface area contributed by atoms with Crippen LogP contribution in [0.4, 0.5) is 11.8 Å². The van der Waals surface area contributed by atoms with Crippen LogP contribution in [0.25, 0.3) is 32.2 Å². The van der Waals surface area contributed by atoms with Crippen molar-refractivity contribution in [1.29, 1.82) is 0 Å². The molecule has 0 fully saturated rings. The fourth-order valence-corrected chi connectivity index (χ4v) is 5.65. The summed E-state index contributed by atoms with van der Waals surface area (Å²) in [5, 5.41) is 1.73. The third-order valence-electron chi connectivity index (χ3n) is 3.89. The minimum Gasteiger partial charge on any atom is -0.383 e. The molecule has 126 valence electrons. The smallest absolute Gasteiger partial charge is 0.199 e. The van der Waals surface area contributed by atoms with Crippen LogP contribution in [0.5, 0.6) is 0 Å². The van der Waals surface area contributed by atoms with Crippen molar-refractivity contribution in [2.75, 3.05) is 15.9 Å². The Labute approximate surface area is 173 Å². The number of carbonyl (C=O) groups excluding carboxylic acids is 1. The molecule has 0 aliphatic heterocycles. The highest BCUT2D eigenvalue weighted by atomic mass is 127. The molecule has 6 nitrogen and oxygen atoms in total. The molecule has 0 amide bonds. The van der Waals surface area contributed by atoms with Gasteiger partial charge in [-0.25, -0.2) is 0 Å². The maximum Gasteiger partial charge on any atom is 0.199 e. The minimum atomic E-state index is 0.128. The lowest BCUT2D eigenvalue weighted by atomic mass is 10.0. The van der Waals surface area contributed by atoms with Gasteiger partial charge in [-0.15, -0.1) is 11.3 Å². The third kappa shape index (κ3) is 2.68. The zero-order valence-corrected chi connectivity index (χ0v) is 17.8. The Morgan fingerprint density at radius 3 is 2.84 bits per heavy atom. The van der Waals surface area contributed by atoms with Gasteiger partial charge < -0.3 is 16.5 Å². The zero-order chi connectivity index (χ0) is 17.7. The molecule has 0 aliphatic carbocycles. The van der Waals surface area contributed by atoms with E-state index in [2.05, 4.69) is 60.1 Å². The summed E-state index contributed by atoms with van der Waals surface area (Å²) in [4.78, 5) is 25.5. The first-order valence-corrected chi connectivity index (χ1v) is 10.6. The molecule has 4 rings (SSSR count). The van der Waals surface area contributed by atoms with Crippen LogP contribution in [-0.4, -0.2) is 25.2 Å². The maximum absolute atomic E-state index is 12.0. The topological polar surface area (TPSA) is 111 Å². The molecule has 25 heavy (non-hydrogen) atoms. The lowest BCUT2D eigenvalue weighted by Gasteiger charge is -2.11. The Hall–Kier alpha value is -1.47. The van der Waals surface area contributed by atoms with Crippen LogP contribution >= 0.6 is 56.5 Å². The number of halogens is 2. The van der Waals surface area contributed by atoms with Crippen LogP contribution in [0.2, 0.25) is 0 Å². The molecule has 5 N–H and O–H groups in total. The number of benzene rings is 1. The largest absolute Gasteiger partial charge is 0.383 e. The van der Waals surface area contributed by atoms with Gasteiger partial charge in [0, 0.05) is 25.6 Å². The molecule has 0 saturated heterocycles. The van der Waals surface area contributed by atoms with E-state index in [1.807, 2.05) is 18.2 Å². The Kier molecular flexibility index (Phi) is 4.32. The quantitative estimate of drug-likeness (QED) is 0.193. The predicted octanol–water partition coefficient (Wildman–Crippen LogP) is 4.23. The number of nitrogens with two attached hydrogens (primary N) is 2. The number of aromatic nitrogens is 3. The molecule has 1 aromatic carbocycles. The standard InChI is InChI=1S/C16H11I2N5OS/c17-5-7(24)8-1-2-9(25-8)11-12(18)14-10(6-3-4-21-13(6)11)15(19)23-16(20)22-14/h1-4H,5,19H2,(H3,20,22,23). The molecule has 0 bridgehead atoms. The van der Waals surface area contributed by atoms with Crippen LogP contribution in [-0.2, 0) is 0 Å². The van der Waals surface area contributed by atoms with E-state index in [1.54, 1.807) is 6.20 Å². The number of aromatic amines is 1. The summed E-state index contributed by atoms with van der Waals surface area (Å²) < 4.78 is 1.42. The van der Waals surface area contributed by atoms with Gasteiger partial charge in [0.05, 0.1) is 25.7 Å². The number of ketones is 1. The molecule has 0 spiro atoms. The van der Waals surface area contributed by atoms with E-state index in [4.69, 9.17) is 11.5 Å². The number of thiophene rings is 1. The van der Waals surface area contributed by atoms with Gasteiger partial charge >= 0.3 is 0 Å². The number of carbonyl (C=O) groups is 1. The number of nitrogens with one attached hydrogen (secondary N) is 1. The second-order valence-corrected chi connectivity index (χ2v) is 8.30. The number of hydrogen-bond donors (Lipinski definition) is 3. The first kappa shape index (κ1) is 17.0. The predicted molar refractivity (Wildman–Crippen MR) is 119 cm³/mol. The molecular weight excluding hydrogens is 564 g/mol. The molecule has 0 aliphatic rings. The summed E-state index contributed by atoms with van der Waals surface area (Å²) in [6.07, 6.45) is 1.75. The molecule has 0 atom stereocenters. The van der Waals surface area contributed by atoms with E-state index >= 15 is 0 Å². The average molecular weight is 575 g/mol. The van der Waals surface area contributed by atoms with E-state index in [9.17, 15) is 4.79 Å². The van der Waals surface area contributed by atoms with Gasteiger partial charge in [0.15, 0.2) is 11.7 Å². The number of nitrogens with zero attached hydrogens (tertiary/aromatic N) is 2. The van der Waals surface area contributed by atoms with Gasteiger partial charge in [-0.1, -0.05) is 22.6 Å². The molecular formula is C16H11I2N5OS. The van der Waals surface area contributed by atoms with E-state index in [0.717, 1.165) is 40.7 Å².